The molecule has 1 aromatic rings. The van der Waals surface area contributed by atoms with Gasteiger partial charge in [-0.25, -0.2) is 0 Å². The predicted octanol–water partition coefficient (Wildman–Crippen LogP) is 8.31. The molecule has 0 heterocycles. The number of carbonyl (C=O) groups is 1. The zero-order valence-corrected chi connectivity index (χ0v) is 21.8. The molecule has 0 aromatic heterocycles. The van der Waals surface area contributed by atoms with Crippen molar-refractivity contribution in [3.05, 3.63) is 29.8 Å². The Hall–Kier alpha value is -1.35. The van der Waals surface area contributed by atoms with Crippen molar-refractivity contribution in [3.63, 3.8) is 0 Å². The Labute approximate surface area is 197 Å². The van der Waals surface area contributed by atoms with E-state index in [9.17, 15) is 4.79 Å². The quantitative estimate of drug-likeness (QED) is 0.287. The molecule has 3 nitrogen and oxygen atoms in total. The van der Waals surface area contributed by atoms with E-state index in [4.69, 9.17) is 9.47 Å². The van der Waals surface area contributed by atoms with Gasteiger partial charge in [0.2, 0.25) is 6.29 Å². The summed E-state index contributed by atoms with van der Waals surface area (Å²) in [5, 5.41) is 0. The summed E-state index contributed by atoms with van der Waals surface area (Å²) >= 11 is 0. The SMILES string of the molecule is CCC(=O)C1CCC(OC(CC(C)(C)CC)Oc2ccc(C(CC)CC(C)C)cc2)CC1. The highest BCUT2D eigenvalue weighted by atomic mass is 16.7. The topological polar surface area (TPSA) is 35.5 Å². The van der Waals surface area contributed by atoms with Gasteiger partial charge < -0.3 is 9.47 Å². The molecular weight excluding hydrogens is 396 g/mol. The van der Waals surface area contributed by atoms with E-state index in [1.165, 1.54) is 12.0 Å². The largest absolute Gasteiger partial charge is 0.465 e. The minimum absolute atomic E-state index is 0.157. The smallest absolute Gasteiger partial charge is 0.200 e. The zero-order valence-electron chi connectivity index (χ0n) is 21.8. The van der Waals surface area contributed by atoms with Crippen molar-refractivity contribution >= 4 is 5.78 Å². The summed E-state index contributed by atoms with van der Waals surface area (Å²) in [5.41, 5.74) is 1.56. The van der Waals surface area contributed by atoms with Crippen molar-refractivity contribution in [1.29, 1.82) is 0 Å². The second-order valence-electron chi connectivity index (χ2n) is 11.0. The Kier molecular flexibility index (Phi) is 10.7. The highest BCUT2D eigenvalue weighted by Gasteiger charge is 2.30. The fourth-order valence-electron chi connectivity index (χ4n) is 4.82. The molecule has 0 aliphatic heterocycles. The Morgan fingerprint density at radius 1 is 1.03 bits per heavy atom. The van der Waals surface area contributed by atoms with Crippen LogP contribution in [0.25, 0.3) is 0 Å². The molecule has 0 amide bonds. The second-order valence-corrected chi connectivity index (χ2v) is 11.0. The molecular formula is C29H48O3. The third-order valence-corrected chi connectivity index (χ3v) is 7.37. The van der Waals surface area contributed by atoms with Gasteiger partial charge in [-0.15, -0.1) is 0 Å². The van der Waals surface area contributed by atoms with Gasteiger partial charge in [-0.3, -0.25) is 4.79 Å². The molecule has 3 heteroatoms. The Morgan fingerprint density at radius 2 is 1.66 bits per heavy atom. The number of carbonyl (C=O) groups excluding carboxylic acids is 1. The average Bonchev–Trinajstić information content (AvgIpc) is 2.77. The van der Waals surface area contributed by atoms with Crippen LogP contribution in [0.1, 0.15) is 118 Å². The summed E-state index contributed by atoms with van der Waals surface area (Å²) in [5.74, 6) is 2.84. The summed E-state index contributed by atoms with van der Waals surface area (Å²) in [6, 6.07) is 8.69. The van der Waals surface area contributed by atoms with Gasteiger partial charge in [0.15, 0.2) is 0 Å². The fourth-order valence-corrected chi connectivity index (χ4v) is 4.82. The molecule has 182 valence electrons. The van der Waals surface area contributed by atoms with Gasteiger partial charge in [0.25, 0.3) is 0 Å². The summed E-state index contributed by atoms with van der Waals surface area (Å²) in [7, 11) is 0. The van der Waals surface area contributed by atoms with E-state index >= 15 is 0 Å². The van der Waals surface area contributed by atoms with Gasteiger partial charge in [0.05, 0.1) is 6.10 Å². The lowest BCUT2D eigenvalue weighted by molar-refractivity contribution is -0.149. The minimum Gasteiger partial charge on any atom is -0.465 e. The first-order valence-corrected chi connectivity index (χ1v) is 13.1. The fraction of sp³-hybridized carbons (Fsp3) is 0.759. The molecule has 32 heavy (non-hydrogen) atoms. The molecule has 0 radical (unpaired) electrons. The summed E-state index contributed by atoms with van der Waals surface area (Å²) in [4.78, 5) is 12.1. The van der Waals surface area contributed by atoms with Crippen molar-refractivity contribution in [1.82, 2.24) is 0 Å². The lowest BCUT2D eigenvalue weighted by Crippen LogP contribution is -2.34. The van der Waals surface area contributed by atoms with E-state index in [0.717, 1.165) is 50.7 Å². The maximum atomic E-state index is 12.1. The number of ketones is 1. The van der Waals surface area contributed by atoms with Crippen molar-refractivity contribution < 1.29 is 14.3 Å². The molecule has 1 aliphatic rings. The molecule has 1 aromatic carbocycles. The highest BCUT2D eigenvalue weighted by Crippen LogP contribution is 2.34. The number of rotatable bonds is 13. The van der Waals surface area contributed by atoms with Crippen LogP contribution in [-0.2, 0) is 9.53 Å². The predicted molar refractivity (Wildman–Crippen MR) is 134 cm³/mol. The summed E-state index contributed by atoms with van der Waals surface area (Å²) in [6.45, 7) is 15.6. The van der Waals surface area contributed by atoms with Crippen molar-refractivity contribution in [3.8, 4) is 5.75 Å². The average molecular weight is 445 g/mol. The zero-order chi connectivity index (χ0) is 23.7. The van der Waals surface area contributed by atoms with Crippen LogP contribution in [0.15, 0.2) is 24.3 Å². The Bertz CT molecular complexity index is 668. The second kappa shape index (κ2) is 12.8. The number of hydrogen-bond donors (Lipinski definition) is 0. The highest BCUT2D eigenvalue weighted by molar-refractivity contribution is 5.80. The van der Waals surface area contributed by atoms with Crippen LogP contribution in [-0.4, -0.2) is 18.2 Å². The molecule has 0 spiro atoms. The molecule has 0 saturated heterocycles. The first kappa shape index (κ1) is 26.9. The van der Waals surface area contributed by atoms with E-state index in [2.05, 4.69) is 65.8 Å². The number of hydrogen-bond acceptors (Lipinski definition) is 3. The third-order valence-electron chi connectivity index (χ3n) is 7.37. The van der Waals surface area contributed by atoms with Gasteiger partial charge in [-0.05, 0) is 73.5 Å². The lowest BCUT2D eigenvalue weighted by atomic mass is 9.83. The molecule has 1 aliphatic carbocycles. The van der Waals surface area contributed by atoms with Gasteiger partial charge in [-0.2, -0.15) is 0 Å². The lowest BCUT2D eigenvalue weighted by Gasteiger charge is -2.34. The van der Waals surface area contributed by atoms with E-state index in [0.29, 0.717) is 24.0 Å². The normalized spacial score (nSPS) is 21.4. The van der Waals surface area contributed by atoms with Crippen LogP contribution in [0, 0.1) is 17.3 Å². The summed E-state index contributed by atoms with van der Waals surface area (Å²) in [6.07, 6.45) is 8.72. The molecule has 2 unspecified atom stereocenters. The van der Waals surface area contributed by atoms with Gasteiger partial charge >= 0.3 is 0 Å². The van der Waals surface area contributed by atoms with Gasteiger partial charge in [0.1, 0.15) is 11.5 Å². The van der Waals surface area contributed by atoms with Crippen LogP contribution in [0.4, 0.5) is 0 Å². The molecule has 2 rings (SSSR count). The van der Waals surface area contributed by atoms with Crippen LogP contribution < -0.4 is 4.74 Å². The molecule has 1 saturated carbocycles. The monoisotopic (exact) mass is 444 g/mol. The van der Waals surface area contributed by atoms with E-state index in [1.54, 1.807) is 0 Å². The van der Waals surface area contributed by atoms with Crippen LogP contribution in [0.5, 0.6) is 5.75 Å². The molecule has 2 atom stereocenters. The molecule has 0 N–H and O–H groups in total. The number of Topliss-reactive ketones (excluding diaryl/α,β-unsaturated/α-hetero) is 1. The van der Waals surface area contributed by atoms with Crippen molar-refractivity contribution in [2.24, 2.45) is 17.3 Å². The molecule has 0 bridgehead atoms. The van der Waals surface area contributed by atoms with Crippen molar-refractivity contribution in [2.45, 2.75) is 125 Å². The Morgan fingerprint density at radius 3 is 2.16 bits per heavy atom. The van der Waals surface area contributed by atoms with Crippen LogP contribution >= 0.6 is 0 Å². The van der Waals surface area contributed by atoms with Gasteiger partial charge in [0, 0.05) is 18.8 Å². The molecule has 1 fully saturated rings. The third kappa shape index (κ3) is 8.54. The van der Waals surface area contributed by atoms with Crippen LogP contribution in [0.3, 0.4) is 0 Å². The Balaban J connectivity index is 2.03. The standard InChI is InChI=1S/C29H48O3/c1-8-22(19-21(4)5)23-11-15-25(16-12-23)31-28(20-29(6,7)10-3)32-26-17-13-24(14-18-26)27(30)9-2/h11-12,15-16,21-22,24,26,28H,8-10,13-14,17-20H2,1-7H3. The van der Waals surface area contributed by atoms with Crippen LogP contribution in [0.2, 0.25) is 0 Å². The number of ether oxygens (including phenoxy) is 2. The minimum atomic E-state index is -0.253. The van der Waals surface area contributed by atoms with E-state index < -0.39 is 0 Å². The van der Waals surface area contributed by atoms with Gasteiger partial charge in [-0.1, -0.05) is 67.0 Å². The van der Waals surface area contributed by atoms with E-state index in [1.807, 2.05) is 6.92 Å². The van der Waals surface area contributed by atoms with E-state index in [-0.39, 0.29) is 23.7 Å². The maximum absolute atomic E-state index is 12.1. The van der Waals surface area contributed by atoms with Crippen molar-refractivity contribution in [2.75, 3.05) is 0 Å². The maximum Gasteiger partial charge on any atom is 0.200 e. The summed E-state index contributed by atoms with van der Waals surface area (Å²) < 4.78 is 12.9. The first-order chi connectivity index (χ1) is 15.2. The number of benzene rings is 1. The first-order valence-electron chi connectivity index (χ1n) is 13.1.